The van der Waals surface area contributed by atoms with Gasteiger partial charge in [-0.05, 0) is 45.9 Å². The number of halogens is 1. The molecule has 0 atom stereocenters. The third-order valence-electron chi connectivity index (χ3n) is 2.56. The first-order valence-electron chi connectivity index (χ1n) is 7.38. The smallest absolute Gasteiger partial charge is 0.412 e. The summed E-state index contributed by atoms with van der Waals surface area (Å²) in [6, 6.07) is 3.87. The molecule has 0 aromatic heterocycles. The molecular weight excluding hydrogens is 303 g/mol. The highest BCUT2D eigenvalue weighted by atomic mass is 19.1. The minimum atomic E-state index is -0.655. The fourth-order valence-corrected chi connectivity index (χ4v) is 1.64. The van der Waals surface area contributed by atoms with Crippen molar-refractivity contribution in [2.24, 2.45) is 0 Å². The van der Waals surface area contributed by atoms with E-state index in [4.69, 9.17) is 9.47 Å². The Balaban J connectivity index is 2.68. The Morgan fingerprint density at radius 1 is 1.22 bits per heavy atom. The molecule has 0 spiro atoms. The number of hydrogen-bond acceptors (Lipinski definition) is 4. The van der Waals surface area contributed by atoms with E-state index < -0.39 is 17.5 Å². The zero-order valence-electron chi connectivity index (χ0n) is 13.9. The van der Waals surface area contributed by atoms with Crippen LogP contribution in [-0.2, 0) is 14.3 Å². The van der Waals surface area contributed by atoms with Gasteiger partial charge in [0.25, 0.3) is 0 Å². The summed E-state index contributed by atoms with van der Waals surface area (Å²) < 4.78 is 23.9. The molecule has 2 amide bonds. The maximum Gasteiger partial charge on any atom is 0.412 e. The number of carbonyl (C=O) groups is 2. The molecule has 128 valence electrons. The van der Waals surface area contributed by atoms with Crippen LogP contribution >= 0.6 is 0 Å². The Hall–Kier alpha value is -2.15. The Morgan fingerprint density at radius 2 is 1.91 bits per heavy atom. The van der Waals surface area contributed by atoms with Crippen molar-refractivity contribution in [1.29, 1.82) is 0 Å². The van der Waals surface area contributed by atoms with Crippen LogP contribution in [0.4, 0.5) is 20.6 Å². The van der Waals surface area contributed by atoms with E-state index in [0.29, 0.717) is 12.3 Å². The molecule has 0 aliphatic heterocycles. The summed E-state index contributed by atoms with van der Waals surface area (Å²) in [6.45, 7) is 7.81. The normalized spacial score (nSPS) is 11.0. The predicted molar refractivity (Wildman–Crippen MR) is 86.0 cm³/mol. The highest BCUT2D eigenvalue weighted by Crippen LogP contribution is 2.20. The first-order chi connectivity index (χ1) is 10.7. The number of nitrogens with one attached hydrogen (secondary N) is 2. The van der Waals surface area contributed by atoms with Crippen LogP contribution in [0, 0.1) is 5.82 Å². The molecule has 6 nitrogen and oxygen atoms in total. The van der Waals surface area contributed by atoms with Gasteiger partial charge in [-0.3, -0.25) is 10.1 Å². The van der Waals surface area contributed by atoms with Crippen LogP contribution < -0.4 is 10.6 Å². The molecule has 0 radical (unpaired) electrons. The summed E-state index contributed by atoms with van der Waals surface area (Å²) in [5, 5.41) is 4.93. The van der Waals surface area contributed by atoms with Gasteiger partial charge >= 0.3 is 6.09 Å². The lowest BCUT2D eigenvalue weighted by Crippen LogP contribution is -2.27. The average molecular weight is 326 g/mol. The first-order valence-corrected chi connectivity index (χ1v) is 7.38. The van der Waals surface area contributed by atoms with Crippen molar-refractivity contribution in [1.82, 2.24) is 0 Å². The summed E-state index contributed by atoms with van der Waals surface area (Å²) in [7, 11) is 0. The Labute approximate surface area is 135 Å². The standard InChI is InChI=1S/C16H23FN2O4/c1-5-22-9-8-14(20)19-13-10-11(6-7-12(13)17)18-15(21)23-16(2,3)4/h6-7,10H,5,8-9H2,1-4H3,(H,18,21)(H,19,20). The topological polar surface area (TPSA) is 76.7 Å². The van der Waals surface area contributed by atoms with Crippen molar-refractivity contribution in [3.63, 3.8) is 0 Å². The van der Waals surface area contributed by atoms with E-state index >= 15 is 0 Å². The highest BCUT2D eigenvalue weighted by Gasteiger charge is 2.17. The number of ether oxygens (including phenoxy) is 2. The maximum atomic E-state index is 13.7. The first kappa shape index (κ1) is 18.9. The third-order valence-corrected chi connectivity index (χ3v) is 2.56. The molecule has 0 fully saturated rings. The van der Waals surface area contributed by atoms with Gasteiger partial charge in [-0.1, -0.05) is 0 Å². The lowest BCUT2D eigenvalue weighted by Gasteiger charge is -2.19. The van der Waals surface area contributed by atoms with Crippen molar-refractivity contribution >= 4 is 23.4 Å². The van der Waals surface area contributed by atoms with Crippen LogP contribution in [0.3, 0.4) is 0 Å². The van der Waals surface area contributed by atoms with E-state index in [-0.39, 0.29) is 24.6 Å². The molecule has 0 unspecified atom stereocenters. The minimum Gasteiger partial charge on any atom is -0.444 e. The Kier molecular flexibility index (Phi) is 6.96. The number of anilines is 2. The number of rotatable bonds is 6. The average Bonchev–Trinajstić information content (AvgIpc) is 2.40. The Morgan fingerprint density at radius 3 is 2.52 bits per heavy atom. The van der Waals surface area contributed by atoms with Gasteiger partial charge in [0.15, 0.2) is 0 Å². The molecule has 1 rings (SSSR count). The quantitative estimate of drug-likeness (QED) is 0.784. The zero-order chi connectivity index (χ0) is 17.5. The van der Waals surface area contributed by atoms with E-state index in [9.17, 15) is 14.0 Å². The second-order valence-corrected chi connectivity index (χ2v) is 5.82. The second kappa shape index (κ2) is 8.47. The maximum absolute atomic E-state index is 13.7. The fourth-order valence-electron chi connectivity index (χ4n) is 1.64. The molecule has 0 saturated heterocycles. The molecule has 1 aromatic carbocycles. The van der Waals surface area contributed by atoms with E-state index in [1.54, 1.807) is 20.8 Å². The second-order valence-electron chi connectivity index (χ2n) is 5.82. The molecule has 2 N–H and O–H groups in total. The van der Waals surface area contributed by atoms with E-state index in [1.807, 2.05) is 6.92 Å². The molecule has 0 heterocycles. The molecular formula is C16H23FN2O4. The summed E-state index contributed by atoms with van der Waals surface area (Å²) >= 11 is 0. The Bertz CT molecular complexity index is 556. The SMILES string of the molecule is CCOCCC(=O)Nc1cc(NC(=O)OC(C)(C)C)ccc1F. The van der Waals surface area contributed by atoms with Gasteiger partial charge in [0.1, 0.15) is 11.4 Å². The highest BCUT2D eigenvalue weighted by molar-refractivity contribution is 5.92. The number of amides is 2. The van der Waals surface area contributed by atoms with Crippen LogP contribution in [0.25, 0.3) is 0 Å². The molecule has 0 saturated carbocycles. The third kappa shape index (κ3) is 7.60. The minimum absolute atomic E-state index is 0.0138. The molecule has 0 aliphatic rings. The van der Waals surface area contributed by atoms with Crippen molar-refractivity contribution < 1.29 is 23.5 Å². The van der Waals surface area contributed by atoms with Gasteiger partial charge in [-0.2, -0.15) is 0 Å². The number of hydrogen-bond donors (Lipinski definition) is 2. The molecule has 0 bridgehead atoms. The van der Waals surface area contributed by atoms with Crippen LogP contribution in [0.1, 0.15) is 34.1 Å². The van der Waals surface area contributed by atoms with Gasteiger partial charge < -0.3 is 14.8 Å². The fraction of sp³-hybridized carbons (Fsp3) is 0.500. The summed E-state index contributed by atoms with van der Waals surface area (Å²) in [5.74, 6) is -0.962. The summed E-state index contributed by atoms with van der Waals surface area (Å²) in [4.78, 5) is 23.4. The van der Waals surface area contributed by atoms with Gasteiger partial charge in [-0.15, -0.1) is 0 Å². The number of benzene rings is 1. The lowest BCUT2D eigenvalue weighted by molar-refractivity contribution is -0.117. The van der Waals surface area contributed by atoms with Gasteiger partial charge in [-0.25, -0.2) is 9.18 Å². The van der Waals surface area contributed by atoms with Gasteiger partial charge in [0, 0.05) is 12.3 Å². The van der Waals surface area contributed by atoms with E-state index in [2.05, 4.69) is 10.6 Å². The van der Waals surface area contributed by atoms with Gasteiger partial charge in [0.05, 0.1) is 18.7 Å². The largest absolute Gasteiger partial charge is 0.444 e. The van der Waals surface area contributed by atoms with Crippen molar-refractivity contribution in [2.75, 3.05) is 23.8 Å². The molecule has 1 aromatic rings. The molecule has 7 heteroatoms. The van der Waals surface area contributed by atoms with Crippen LogP contribution in [0.15, 0.2) is 18.2 Å². The van der Waals surface area contributed by atoms with Crippen LogP contribution in [0.5, 0.6) is 0 Å². The molecule has 0 aliphatic carbocycles. The molecule has 23 heavy (non-hydrogen) atoms. The van der Waals surface area contributed by atoms with E-state index in [1.165, 1.54) is 12.1 Å². The monoisotopic (exact) mass is 326 g/mol. The van der Waals surface area contributed by atoms with Crippen LogP contribution in [0.2, 0.25) is 0 Å². The predicted octanol–water partition coefficient (Wildman–Crippen LogP) is 3.54. The number of carbonyl (C=O) groups excluding carboxylic acids is 2. The van der Waals surface area contributed by atoms with Gasteiger partial charge in [0.2, 0.25) is 5.91 Å². The van der Waals surface area contributed by atoms with Crippen LogP contribution in [-0.4, -0.2) is 30.8 Å². The van der Waals surface area contributed by atoms with Crippen molar-refractivity contribution in [2.45, 2.75) is 39.7 Å². The summed E-state index contributed by atoms with van der Waals surface area (Å²) in [6.07, 6.45) is -0.533. The van der Waals surface area contributed by atoms with Crippen molar-refractivity contribution in [3.8, 4) is 0 Å². The van der Waals surface area contributed by atoms with E-state index in [0.717, 1.165) is 6.07 Å². The van der Waals surface area contributed by atoms with Crippen molar-refractivity contribution in [3.05, 3.63) is 24.0 Å². The zero-order valence-corrected chi connectivity index (χ0v) is 13.9. The lowest BCUT2D eigenvalue weighted by atomic mass is 10.2. The summed E-state index contributed by atoms with van der Waals surface area (Å²) in [5.41, 5.74) is -0.332.